The fourth-order valence-corrected chi connectivity index (χ4v) is 7.19. The number of alkyl halides is 3. The molecule has 5 N–H and O–H groups in total. The molecular weight excluding hydrogens is 694 g/mol. The SMILES string of the molecule is CCC(C)[C@H](NC(=O)Cc1ccccc1F)C(=O)NC1(C(=O)N[C@@H](NC(=O)C2CCOCC2)[C@@H](C)CC)CCc2[nH]c3c(C(F)(F)F)cccc3c2C1. The van der Waals surface area contributed by atoms with Crippen molar-refractivity contribution in [3.63, 3.8) is 0 Å². The second-order valence-corrected chi connectivity index (χ2v) is 14.5. The van der Waals surface area contributed by atoms with Crippen molar-refractivity contribution in [1.29, 1.82) is 0 Å². The first kappa shape index (κ1) is 39.7. The van der Waals surface area contributed by atoms with Gasteiger partial charge in [0.1, 0.15) is 23.6 Å². The average Bonchev–Trinajstić information content (AvgIpc) is 3.51. The molecule has 2 aliphatic rings. The Hall–Kier alpha value is -4.46. The zero-order valence-electron chi connectivity index (χ0n) is 30.6. The van der Waals surface area contributed by atoms with Crippen LogP contribution in [0.1, 0.15) is 82.2 Å². The summed E-state index contributed by atoms with van der Waals surface area (Å²) in [6.45, 7) is 8.30. The number of hydrogen-bond acceptors (Lipinski definition) is 5. The number of aromatic amines is 1. The van der Waals surface area contributed by atoms with E-state index in [4.69, 9.17) is 4.74 Å². The van der Waals surface area contributed by atoms with Crippen molar-refractivity contribution in [3.05, 3.63) is 70.7 Å². The minimum absolute atomic E-state index is 0.0171. The number of amides is 4. The summed E-state index contributed by atoms with van der Waals surface area (Å²) in [5.74, 6) is -3.59. The smallest absolute Gasteiger partial charge is 0.381 e. The van der Waals surface area contributed by atoms with Crippen LogP contribution < -0.4 is 21.3 Å². The van der Waals surface area contributed by atoms with Gasteiger partial charge in [-0.1, -0.05) is 64.4 Å². The number of ether oxygens (including phenoxy) is 1. The number of H-pyrrole nitrogens is 1. The lowest BCUT2D eigenvalue weighted by atomic mass is 9.78. The highest BCUT2D eigenvalue weighted by molar-refractivity contribution is 5.97. The number of nitrogens with one attached hydrogen (secondary N) is 5. The zero-order valence-corrected chi connectivity index (χ0v) is 30.6. The third-order valence-electron chi connectivity index (χ3n) is 10.9. The third-order valence-corrected chi connectivity index (χ3v) is 10.9. The lowest BCUT2D eigenvalue weighted by Crippen LogP contribution is -2.67. The van der Waals surface area contributed by atoms with E-state index in [1.807, 2.05) is 20.8 Å². The van der Waals surface area contributed by atoms with Crippen molar-refractivity contribution >= 4 is 34.5 Å². The van der Waals surface area contributed by atoms with Crippen LogP contribution in [-0.4, -0.2) is 59.6 Å². The maximum Gasteiger partial charge on any atom is 0.418 e. The Morgan fingerprint density at radius 2 is 1.64 bits per heavy atom. The zero-order chi connectivity index (χ0) is 38.5. The molecule has 53 heavy (non-hydrogen) atoms. The maximum atomic E-state index is 14.7. The number of benzene rings is 2. The highest BCUT2D eigenvalue weighted by Gasteiger charge is 2.47. The third kappa shape index (κ3) is 9.02. The summed E-state index contributed by atoms with van der Waals surface area (Å²) in [6, 6.07) is 8.56. The van der Waals surface area contributed by atoms with Crippen LogP contribution in [0.5, 0.6) is 0 Å². The predicted octanol–water partition coefficient (Wildman–Crippen LogP) is 5.47. The first-order valence-electron chi connectivity index (χ1n) is 18.4. The van der Waals surface area contributed by atoms with Gasteiger partial charge in [-0.2, -0.15) is 13.2 Å². The molecule has 2 aromatic carbocycles. The van der Waals surface area contributed by atoms with Gasteiger partial charge in [-0.25, -0.2) is 4.39 Å². The van der Waals surface area contributed by atoms with Crippen molar-refractivity contribution < 1.29 is 41.5 Å². The molecule has 3 aromatic rings. The van der Waals surface area contributed by atoms with Crippen molar-refractivity contribution in [1.82, 2.24) is 26.3 Å². The van der Waals surface area contributed by atoms with Crippen LogP contribution in [0.4, 0.5) is 17.6 Å². The second-order valence-electron chi connectivity index (χ2n) is 14.5. The lowest BCUT2D eigenvalue weighted by Gasteiger charge is -2.40. The molecule has 4 amide bonds. The lowest BCUT2D eigenvalue weighted by molar-refractivity contribution is -0.138. The van der Waals surface area contributed by atoms with Gasteiger partial charge < -0.3 is 31.0 Å². The van der Waals surface area contributed by atoms with Crippen LogP contribution in [0.25, 0.3) is 10.9 Å². The Bertz CT molecular complexity index is 1810. The summed E-state index contributed by atoms with van der Waals surface area (Å²) in [5.41, 5.74) is -1.48. The van der Waals surface area contributed by atoms with Gasteiger partial charge in [-0.15, -0.1) is 0 Å². The van der Waals surface area contributed by atoms with E-state index < -0.39 is 58.9 Å². The molecule has 14 heteroatoms. The first-order chi connectivity index (χ1) is 25.2. The van der Waals surface area contributed by atoms with Crippen LogP contribution in [0.2, 0.25) is 0 Å². The minimum Gasteiger partial charge on any atom is -0.381 e. The molecule has 5 atom stereocenters. The molecule has 2 unspecified atom stereocenters. The van der Waals surface area contributed by atoms with Gasteiger partial charge in [0.15, 0.2) is 0 Å². The van der Waals surface area contributed by atoms with Gasteiger partial charge in [-0.3, -0.25) is 19.2 Å². The van der Waals surface area contributed by atoms with Crippen LogP contribution in [0.15, 0.2) is 42.5 Å². The maximum absolute atomic E-state index is 14.7. The first-order valence-corrected chi connectivity index (χ1v) is 18.4. The van der Waals surface area contributed by atoms with E-state index in [0.29, 0.717) is 50.2 Å². The number of aryl methyl sites for hydroxylation is 1. The Kier molecular flexibility index (Phi) is 12.5. The molecule has 0 bridgehead atoms. The number of para-hydroxylation sites is 1. The Labute approximate surface area is 306 Å². The number of hydrogen-bond donors (Lipinski definition) is 5. The molecule has 1 aliphatic carbocycles. The molecule has 10 nitrogen and oxygen atoms in total. The highest BCUT2D eigenvalue weighted by atomic mass is 19.4. The molecule has 288 valence electrons. The molecule has 1 aliphatic heterocycles. The van der Waals surface area contributed by atoms with Crippen molar-refractivity contribution in [2.24, 2.45) is 17.8 Å². The van der Waals surface area contributed by atoms with E-state index in [1.165, 1.54) is 24.3 Å². The molecule has 0 saturated carbocycles. The molecule has 1 saturated heterocycles. The van der Waals surface area contributed by atoms with Crippen LogP contribution >= 0.6 is 0 Å². The standard InChI is InChI=1S/C39H49F4N5O5/c1-5-22(3)32(45-31(49)20-25-10-7-8-13-29(25)40)36(51)48-38(37(52)47-34(23(4)6-2)46-35(50)24-15-18-53-19-16-24)17-14-30-27(21-38)26-11-9-12-28(33(26)44-30)39(41,42)43/h7-13,22-24,32,34,44H,5-6,14-21H2,1-4H3,(H,45,49)(H,46,50)(H,47,52)(H,48,51)/t22?,23-,32-,34+,38?/m0/s1. The van der Waals surface area contributed by atoms with Crippen LogP contribution in [0.3, 0.4) is 0 Å². The van der Waals surface area contributed by atoms with Gasteiger partial charge >= 0.3 is 6.18 Å². The average molecular weight is 744 g/mol. The van der Waals surface area contributed by atoms with Gasteiger partial charge in [0.05, 0.1) is 17.5 Å². The largest absolute Gasteiger partial charge is 0.418 e. The fourth-order valence-electron chi connectivity index (χ4n) is 7.19. The van der Waals surface area contributed by atoms with Crippen molar-refractivity contribution in [2.45, 2.75) is 103 Å². The molecular formula is C39H49F4N5O5. The number of fused-ring (bicyclic) bond motifs is 3. The van der Waals surface area contributed by atoms with Crippen molar-refractivity contribution in [2.75, 3.05) is 13.2 Å². The van der Waals surface area contributed by atoms with Gasteiger partial charge in [0, 0.05) is 36.6 Å². The second kappa shape index (κ2) is 16.7. The summed E-state index contributed by atoms with van der Waals surface area (Å²) in [6.07, 6.45) is -3.63. The summed E-state index contributed by atoms with van der Waals surface area (Å²) in [4.78, 5) is 58.5. The topological polar surface area (TPSA) is 141 Å². The number of aromatic nitrogens is 1. The summed E-state index contributed by atoms with van der Waals surface area (Å²) < 4.78 is 61.9. The van der Waals surface area contributed by atoms with Crippen LogP contribution in [0, 0.1) is 23.6 Å². The summed E-state index contributed by atoms with van der Waals surface area (Å²) in [7, 11) is 0. The Morgan fingerprint density at radius 1 is 0.943 bits per heavy atom. The van der Waals surface area contributed by atoms with E-state index in [0.717, 1.165) is 6.07 Å². The van der Waals surface area contributed by atoms with Crippen LogP contribution in [-0.2, 0) is 49.4 Å². The molecule has 1 fully saturated rings. The van der Waals surface area contributed by atoms with E-state index in [2.05, 4.69) is 26.3 Å². The van der Waals surface area contributed by atoms with E-state index in [1.54, 1.807) is 19.1 Å². The summed E-state index contributed by atoms with van der Waals surface area (Å²) in [5, 5.41) is 11.9. The van der Waals surface area contributed by atoms with E-state index in [9.17, 15) is 36.7 Å². The molecule has 0 radical (unpaired) electrons. The molecule has 1 aromatic heterocycles. The molecule has 0 spiro atoms. The monoisotopic (exact) mass is 743 g/mol. The number of rotatable bonds is 13. The van der Waals surface area contributed by atoms with Gasteiger partial charge in [0.2, 0.25) is 23.6 Å². The Balaban J connectivity index is 1.49. The summed E-state index contributed by atoms with van der Waals surface area (Å²) >= 11 is 0. The van der Waals surface area contributed by atoms with E-state index in [-0.39, 0.29) is 59.9 Å². The predicted molar refractivity (Wildman–Crippen MR) is 191 cm³/mol. The number of carbonyl (C=O) groups is 4. The highest BCUT2D eigenvalue weighted by Crippen LogP contribution is 2.40. The number of carbonyl (C=O) groups excluding carboxylic acids is 4. The fraction of sp³-hybridized carbons (Fsp3) is 0.538. The Morgan fingerprint density at radius 3 is 2.30 bits per heavy atom. The minimum atomic E-state index is -4.63. The van der Waals surface area contributed by atoms with Crippen molar-refractivity contribution in [3.8, 4) is 0 Å². The van der Waals surface area contributed by atoms with E-state index >= 15 is 0 Å². The quantitative estimate of drug-likeness (QED) is 0.117. The van der Waals surface area contributed by atoms with Gasteiger partial charge in [-0.05, 0) is 67.2 Å². The molecule has 5 rings (SSSR count). The number of halogens is 4. The molecule has 2 heterocycles. The normalized spacial score (nSPS) is 20.1. The van der Waals surface area contributed by atoms with Gasteiger partial charge in [0.25, 0.3) is 0 Å².